The third-order valence-electron chi connectivity index (χ3n) is 5.10. The molecule has 0 bridgehead atoms. The largest absolute Gasteiger partial charge is 0.352 e. The van der Waals surface area contributed by atoms with Gasteiger partial charge in [0.05, 0.1) is 0 Å². The van der Waals surface area contributed by atoms with Gasteiger partial charge < -0.3 is 15.5 Å². The van der Waals surface area contributed by atoms with Crippen LogP contribution in [-0.4, -0.2) is 42.4 Å². The molecule has 1 unspecified atom stereocenters. The predicted octanol–water partition coefficient (Wildman–Crippen LogP) is 4.40. The number of hydrogen-bond acceptors (Lipinski definition) is 2. The van der Waals surface area contributed by atoms with Gasteiger partial charge in [0.1, 0.15) is 0 Å². The van der Waals surface area contributed by atoms with Gasteiger partial charge in [0, 0.05) is 43.7 Å². The lowest BCUT2D eigenvalue weighted by Gasteiger charge is -2.22. The molecule has 1 atom stereocenters. The van der Waals surface area contributed by atoms with Gasteiger partial charge in [0.25, 0.3) is 5.91 Å². The zero-order chi connectivity index (χ0) is 20.9. The minimum absolute atomic E-state index is 0. The molecule has 1 heterocycles. The van der Waals surface area contributed by atoms with Crippen LogP contribution in [-0.2, 0) is 6.54 Å². The summed E-state index contributed by atoms with van der Waals surface area (Å²) >= 11 is 0. The van der Waals surface area contributed by atoms with E-state index in [0.29, 0.717) is 18.0 Å². The SMILES string of the molecule is CN=C(NCc1cccc(C(=O)NC(C)(C)C)c1)N1CCC(c2ccccc2)C1.I. The van der Waals surface area contributed by atoms with Crippen LogP contribution >= 0.6 is 24.0 Å². The fourth-order valence-electron chi connectivity index (χ4n) is 3.70. The second-order valence-corrected chi connectivity index (χ2v) is 8.65. The summed E-state index contributed by atoms with van der Waals surface area (Å²) in [5.74, 6) is 1.40. The normalized spacial score (nSPS) is 16.7. The number of benzene rings is 2. The number of aliphatic imine (C=N–C) groups is 1. The molecule has 5 nitrogen and oxygen atoms in total. The van der Waals surface area contributed by atoms with E-state index in [9.17, 15) is 4.79 Å². The van der Waals surface area contributed by atoms with Crippen LogP contribution < -0.4 is 10.6 Å². The Kier molecular flexibility index (Phi) is 8.70. The molecule has 1 aliphatic heterocycles. The maximum absolute atomic E-state index is 12.4. The molecule has 6 heteroatoms. The van der Waals surface area contributed by atoms with Gasteiger partial charge >= 0.3 is 0 Å². The van der Waals surface area contributed by atoms with Crippen LogP contribution in [0, 0.1) is 0 Å². The average molecular weight is 520 g/mol. The zero-order valence-electron chi connectivity index (χ0n) is 18.3. The zero-order valence-corrected chi connectivity index (χ0v) is 20.6. The average Bonchev–Trinajstić information content (AvgIpc) is 3.18. The van der Waals surface area contributed by atoms with E-state index in [-0.39, 0.29) is 35.4 Å². The summed E-state index contributed by atoms with van der Waals surface area (Å²) in [6.07, 6.45) is 1.13. The van der Waals surface area contributed by atoms with E-state index < -0.39 is 0 Å². The van der Waals surface area contributed by atoms with Gasteiger partial charge in [-0.05, 0) is 50.5 Å². The Hall–Kier alpha value is -2.09. The third-order valence-corrected chi connectivity index (χ3v) is 5.10. The molecule has 30 heavy (non-hydrogen) atoms. The summed E-state index contributed by atoms with van der Waals surface area (Å²) in [5, 5.41) is 6.47. The highest BCUT2D eigenvalue weighted by molar-refractivity contribution is 14.0. The van der Waals surface area contributed by atoms with E-state index in [0.717, 1.165) is 31.0 Å². The first kappa shape index (κ1) is 24.2. The fourth-order valence-corrected chi connectivity index (χ4v) is 3.70. The topological polar surface area (TPSA) is 56.7 Å². The molecule has 1 saturated heterocycles. The lowest BCUT2D eigenvalue weighted by atomic mass is 9.99. The Morgan fingerprint density at radius 2 is 1.87 bits per heavy atom. The number of nitrogens with one attached hydrogen (secondary N) is 2. The van der Waals surface area contributed by atoms with Crippen LogP contribution in [0.25, 0.3) is 0 Å². The molecule has 162 valence electrons. The Labute approximate surface area is 197 Å². The van der Waals surface area contributed by atoms with Gasteiger partial charge in [0.15, 0.2) is 5.96 Å². The maximum Gasteiger partial charge on any atom is 0.251 e. The molecular weight excluding hydrogens is 487 g/mol. The van der Waals surface area contributed by atoms with Crippen LogP contribution in [0.15, 0.2) is 59.6 Å². The summed E-state index contributed by atoms with van der Waals surface area (Å²) in [5.41, 5.74) is 2.88. The lowest BCUT2D eigenvalue weighted by molar-refractivity contribution is 0.0919. The molecule has 0 aliphatic carbocycles. The molecule has 0 saturated carbocycles. The van der Waals surface area contributed by atoms with Gasteiger partial charge in [-0.15, -0.1) is 24.0 Å². The highest BCUT2D eigenvalue weighted by Crippen LogP contribution is 2.26. The van der Waals surface area contributed by atoms with E-state index in [4.69, 9.17) is 0 Å². The summed E-state index contributed by atoms with van der Waals surface area (Å²) in [4.78, 5) is 19.2. The monoisotopic (exact) mass is 520 g/mol. The highest BCUT2D eigenvalue weighted by Gasteiger charge is 2.25. The number of guanidine groups is 1. The van der Waals surface area contributed by atoms with Gasteiger partial charge in [0.2, 0.25) is 0 Å². The number of likely N-dealkylation sites (tertiary alicyclic amines) is 1. The van der Waals surface area contributed by atoms with E-state index >= 15 is 0 Å². The molecule has 1 fully saturated rings. The number of carbonyl (C=O) groups excluding carboxylic acids is 1. The van der Waals surface area contributed by atoms with E-state index in [1.165, 1.54) is 5.56 Å². The first-order valence-corrected chi connectivity index (χ1v) is 10.3. The molecule has 1 aliphatic rings. The van der Waals surface area contributed by atoms with Crippen molar-refractivity contribution in [1.82, 2.24) is 15.5 Å². The van der Waals surface area contributed by atoms with Crippen LogP contribution in [0.4, 0.5) is 0 Å². The van der Waals surface area contributed by atoms with Gasteiger partial charge in [-0.25, -0.2) is 0 Å². The number of hydrogen-bond donors (Lipinski definition) is 2. The van der Waals surface area contributed by atoms with Crippen molar-refractivity contribution in [1.29, 1.82) is 0 Å². The van der Waals surface area contributed by atoms with Crippen molar-refractivity contribution in [2.24, 2.45) is 4.99 Å². The molecular formula is C24H33IN4O. The first-order chi connectivity index (χ1) is 13.9. The Morgan fingerprint density at radius 1 is 1.13 bits per heavy atom. The van der Waals surface area contributed by atoms with Crippen LogP contribution in [0.2, 0.25) is 0 Å². The number of rotatable bonds is 4. The number of halogens is 1. The van der Waals surface area contributed by atoms with E-state index in [1.807, 2.05) is 52.1 Å². The first-order valence-electron chi connectivity index (χ1n) is 10.3. The van der Waals surface area contributed by atoms with E-state index in [1.54, 1.807) is 0 Å². The van der Waals surface area contributed by atoms with Crippen molar-refractivity contribution in [3.63, 3.8) is 0 Å². The molecule has 1 amide bonds. The number of carbonyl (C=O) groups is 1. The predicted molar refractivity (Wildman–Crippen MR) is 135 cm³/mol. The van der Waals surface area contributed by atoms with Crippen molar-refractivity contribution in [2.75, 3.05) is 20.1 Å². The standard InChI is InChI=1S/C24H32N4O.HI/c1-24(2,3)27-22(29)20-12-8-9-18(15-20)16-26-23(25-4)28-14-13-21(17-28)19-10-6-5-7-11-19;/h5-12,15,21H,13-14,16-17H2,1-4H3,(H,25,26)(H,27,29);1H. The minimum atomic E-state index is -0.252. The molecule has 2 aromatic carbocycles. The molecule has 2 N–H and O–H groups in total. The summed E-state index contributed by atoms with van der Waals surface area (Å²) < 4.78 is 0. The molecule has 3 rings (SSSR count). The number of nitrogens with zero attached hydrogens (tertiary/aromatic N) is 2. The number of amides is 1. The van der Waals surface area contributed by atoms with Crippen LogP contribution in [0.1, 0.15) is 54.6 Å². The minimum Gasteiger partial charge on any atom is -0.352 e. The second-order valence-electron chi connectivity index (χ2n) is 8.65. The van der Waals surface area contributed by atoms with Crippen LogP contribution in [0.3, 0.4) is 0 Å². The molecule has 0 radical (unpaired) electrons. The highest BCUT2D eigenvalue weighted by atomic mass is 127. The van der Waals surface area contributed by atoms with Gasteiger partial charge in [-0.1, -0.05) is 42.5 Å². The van der Waals surface area contributed by atoms with Gasteiger partial charge in [-0.3, -0.25) is 9.79 Å². The molecule has 2 aromatic rings. The Balaban J connectivity index is 0.00000320. The molecule has 0 spiro atoms. The van der Waals surface area contributed by atoms with Crippen molar-refractivity contribution < 1.29 is 4.79 Å². The maximum atomic E-state index is 12.4. The lowest BCUT2D eigenvalue weighted by Crippen LogP contribution is -2.40. The van der Waals surface area contributed by atoms with Crippen molar-refractivity contribution in [3.8, 4) is 0 Å². The third kappa shape index (κ3) is 6.72. The van der Waals surface area contributed by atoms with Crippen molar-refractivity contribution >= 4 is 35.8 Å². The van der Waals surface area contributed by atoms with Crippen LogP contribution in [0.5, 0.6) is 0 Å². The molecule has 0 aromatic heterocycles. The van der Waals surface area contributed by atoms with Gasteiger partial charge in [-0.2, -0.15) is 0 Å². The summed E-state index contributed by atoms with van der Waals surface area (Å²) in [7, 11) is 1.82. The quantitative estimate of drug-likeness (QED) is 0.357. The Bertz CT molecular complexity index is 861. The second kappa shape index (κ2) is 10.8. The fraction of sp³-hybridized carbons (Fsp3) is 0.417. The smallest absolute Gasteiger partial charge is 0.251 e. The van der Waals surface area contributed by atoms with Crippen molar-refractivity contribution in [2.45, 2.75) is 45.2 Å². The Morgan fingerprint density at radius 3 is 2.53 bits per heavy atom. The summed E-state index contributed by atoms with van der Waals surface area (Å²) in [6.45, 7) is 8.55. The van der Waals surface area contributed by atoms with Crippen molar-refractivity contribution in [3.05, 3.63) is 71.3 Å². The van der Waals surface area contributed by atoms with E-state index in [2.05, 4.69) is 50.9 Å². The summed E-state index contributed by atoms with van der Waals surface area (Å²) in [6, 6.07) is 18.4.